The maximum absolute atomic E-state index is 12.9. The molecule has 1 amide bonds. The summed E-state index contributed by atoms with van der Waals surface area (Å²) in [6, 6.07) is 7.33. The van der Waals surface area contributed by atoms with Gasteiger partial charge in [-0.05, 0) is 37.4 Å². The van der Waals surface area contributed by atoms with Crippen LogP contribution in [0.15, 0.2) is 50.6 Å². The molecule has 27 heavy (non-hydrogen) atoms. The van der Waals surface area contributed by atoms with Gasteiger partial charge in [0, 0.05) is 15.8 Å². The monoisotopic (exact) mass is 399 g/mol. The molecule has 0 saturated carbocycles. The van der Waals surface area contributed by atoms with E-state index in [9.17, 15) is 9.59 Å². The third-order valence-electron chi connectivity index (χ3n) is 4.23. The van der Waals surface area contributed by atoms with E-state index < -0.39 is 0 Å². The molecule has 0 spiro atoms. The average molecular weight is 399 g/mol. The summed E-state index contributed by atoms with van der Waals surface area (Å²) in [4.78, 5) is 31.4. The summed E-state index contributed by atoms with van der Waals surface area (Å²) < 4.78 is 6.88. The largest absolute Gasteiger partial charge is 0.464 e. The van der Waals surface area contributed by atoms with Crippen molar-refractivity contribution in [3.8, 4) is 10.4 Å². The number of aryl methyl sites for hydroxylation is 1. The van der Waals surface area contributed by atoms with Crippen LogP contribution in [0.25, 0.3) is 20.7 Å². The Balaban J connectivity index is 1.59. The van der Waals surface area contributed by atoms with Gasteiger partial charge in [-0.2, -0.15) is 0 Å². The number of rotatable bonds is 5. The fraction of sp³-hybridized carbons (Fsp3) is 0.211. The lowest BCUT2D eigenvalue weighted by Gasteiger charge is -2.12. The highest BCUT2D eigenvalue weighted by atomic mass is 32.1. The number of carbonyl (C=O) groups is 1. The van der Waals surface area contributed by atoms with Crippen LogP contribution >= 0.6 is 22.7 Å². The summed E-state index contributed by atoms with van der Waals surface area (Å²) in [6.45, 7) is 3.60. The zero-order chi connectivity index (χ0) is 19.0. The smallest absolute Gasteiger partial charge is 0.263 e. The van der Waals surface area contributed by atoms with E-state index >= 15 is 0 Å². The van der Waals surface area contributed by atoms with Crippen LogP contribution < -0.4 is 10.9 Å². The van der Waals surface area contributed by atoms with Crippen molar-refractivity contribution in [2.24, 2.45) is 0 Å². The van der Waals surface area contributed by atoms with Gasteiger partial charge in [0.1, 0.15) is 22.9 Å². The van der Waals surface area contributed by atoms with Gasteiger partial charge in [-0.1, -0.05) is 6.07 Å². The van der Waals surface area contributed by atoms with Crippen LogP contribution in [0.2, 0.25) is 0 Å². The molecule has 4 heterocycles. The zero-order valence-corrected chi connectivity index (χ0v) is 16.4. The van der Waals surface area contributed by atoms with Crippen LogP contribution in [0.1, 0.15) is 24.5 Å². The average Bonchev–Trinajstić information content (AvgIpc) is 3.36. The Morgan fingerprint density at radius 2 is 2.19 bits per heavy atom. The summed E-state index contributed by atoms with van der Waals surface area (Å²) in [5, 5.41) is 7.33. The van der Waals surface area contributed by atoms with Crippen molar-refractivity contribution in [1.82, 2.24) is 14.9 Å². The first-order chi connectivity index (χ1) is 13.0. The minimum absolute atomic E-state index is 0.0917. The van der Waals surface area contributed by atoms with Gasteiger partial charge in [-0.3, -0.25) is 14.2 Å². The predicted molar refractivity (Wildman–Crippen MR) is 107 cm³/mol. The Hall–Kier alpha value is -2.71. The highest BCUT2D eigenvalue weighted by Crippen LogP contribution is 2.33. The first-order valence-corrected chi connectivity index (χ1v) is 10.1. The van der Waals surface area contributed by atoms with E-state index in [1.54, 1.807) is 11.3 Å². The molecule has 4 rings (SSSR count). The third kappa shape index (κ3) is 3.45. The number of nitrogens with one attached hydrogen (secondary N) is 1. The Morgan fingerprint density at radius 3 is 2.89 bits per heavy atom. The summed E-state index contributed by atoms with van der Waals surface area (Å²) in [6.07, 6.45) is 1.43. The number of hydrogen-bond donors (Lipinski definition) is 1. The van der Waals surface area contributed by atoms with E-state index in [2.05, 4.69) is 10.3 Å². The lowest BCUT2D eigenvalue weighted by molar-refractivity contribution is -0.122. The fourth-order valence-corrected chi connectivity index (χ4v) is 4.61. The number of thiophene rings is 2. The quantitative estimate of drug-likeness (QED) is 0.551. The van der Waals surface area contributed by atoms with Crippen LogP contribution in [0.5, 0.6) is 0 Å². The van der Waals surface area contributed by atoms with E-state index in [1.807, 2.05) is 48.9 Å². The molecule has 8 heteroatoms. The molecule has 0 aromatic carbocycles. The van der Waals surface area contributed by atoms with Gasteiger partial charge in [0.05, 0.1) is 17.8 Å². The third-order valence-corrected chi connectivity index (χ3v) is 6.02. The number of fused-ring (bicyclic) bond motifs is 1. The molecule has 0 radical (unpaired) electrons. The van der Waals surface area contributed by atoms with Gasteiger partial charge < -0.3 is 9.73 Å². The fourth-order valence-electron chi connectivity index (χ4n) is 2.89. The zero-order valence-electron chi connectivity index (χ0n) is 14.8. The maximum Gasteiger partial charge on any atom is 0.263 e. The second-order valence-corrected chi connectivity index (χ2v) is 8.03. The van der Waals surface area contributed by atoms with Crippen molar-refractivity contribution >= 4 is 38.8 Å². The molecule has 138 valence electrons. The normalized spacial score (nSPS) is 12.4. The molecule has 0 aliphatic heterocycles. The van der Waals surface area contributed by atoms with Crippen LogP contribution in [0, 0.1) is 6.92 Å². The second-order valence-electron chi connectivity index (χ2n) is 6.22. The number of hydrogen-bond acceptors (Lipinski definition) is 6. The van der Waals surface area contributed by atoms with Crippen LogP contribution in [-0.2, 0) is 11.3 Å². The van der Waals surface area contributed by atoms with Gasteiger partial charge >= 0.3 is 0 Å². The Bertz CT molecular complexity index is 1150. The summed E-state index contributed by atoms with van der Waals surface area (Å²) >= 11 is 3.01. The van der Waals surface area contributed by atoms with Crippen LogP contribution in [0.3, 0.4) is 0 Å². The van der Waals surface area contributed by atoms with Crippen LogP contribution in [-0.4, -0.2) is 15.5 Å². The molecule has 1 N–H and O–H groups in total. The minimum Gasteiger partial charge on any atom is -0.464 e. The number of aromatic nitrogens is 2. The van der Waals surface area contributed by atoms with E-state index in [0.29, 0.717) is 16.0 Å². The van der Waals surface area contributed by atoms with E-state index in [4.69, 9.17) is 4.42 Å². The number of nitrogens with zero attached hydrogens (tertiary/aromatic N) is 2. The number of furan rings is 1. The molecule has 0 bridgehead atoms. The van der Waals surface area contributed by atoms with Crippen LogP contribution in [0.4, 0.5) is 0 Å². The molecule has 4 aromatic heterocycles. The van der Waals surface area contributed by atoms with Gasteiger partial charge in [-0.15, -0.1) is 22.7 Å². The van der Waals surface area contributed by atoms with Crippen molar-refractivity contribution in [2.45, 2.75) is 26.4 Å². The van der Waals surface area contributed by atoms with E-state index in [-0.39, 0.29) is 24.1 Å². The van der Waals surface area contributed by atoms with Crippen molar-refractivity contribution in [3.63, 3.8) is 0 Å². The standard InChI is InChI=1S/C19H17N3O3S2/c1-11-5-6-14(25-11)12(2)21-16(23)8-22-10-20-18-17(19(22)24)13(9-27-18)15-4-3-7-26-15/h3-7,9-10,12H,8H2,1-2H3,(H,21,23). The second kappa shape index (κ2) is 7.13. The van der Waals surface area contributed by atoms with Gasteiger partial charge in [0.25, 0.3) is 5.56 Å². The number of amides is 1. The summed E-state index contributed by atoms with van der Waals surface area (Å²) in [5.74, 6) is 1.20. The van der Waals surface area contributed by atoms with Crippen molar-refractivity contribution in [1.29, 1.82) is 0 Å². The van der Waals surface area contributed by atoms with Gasteiger partial charge in [0.2, 0.25) is 5.91 Å². The van der Waals surface area contributed by atoms with Gasteiger partial charge in [-0.25, -0.2) is 4.98 Å². The minimum atomic E-state index is -0.276. The molecule has 0 fully saturated rings. The Morgan fingerprint density at radius 1 is 1.33 bits per heavy atom. The van der Waals surface area contributed by atoms with E-state index in [1.165, 1.54) is 22.2 Å². The van der Waals surface area contributed by atoms with E-state index in [0.717, 1.165) is 16.2 Å². The summed E-state index contributed by atoms with van der Waals surface area (Å²) in [7, 11) is 0. The first-order valence-electron chi connectivity index (χ1n) is 8.39. The van der Waals surface area contributed by atoms with Crippen molar-refractivity contribution in [3.05, 3.63) is 63.2 Å². The summed E-state index contributed by atoms with van der Waals surface area (Å²) in [5.41, 5.74) is 0.665. The maximum atomic E-state index is 12.9. The van der Waals surface area contributed by atoms with Crippen molar-refractivity contribution in [2.75, 3.05) is 0 Å². The molecule has 0 aliphatic rings. The molecular weight excluding hydrogens is 382 g/mol. The predicted octanol–water partition coefficient (Wildman–Crippen LogP) is 3.97. The molecule has 1 unspecified atom stereocenters. The first kappa shape index (κ1) is 17.7. The molecular formula is C19H17N3O3S2. The SMILES string of the molecule is Cc1ccc(C(C)NC(=O)Cn2cnc3scc(-c4cccs4)c3c2=O)o1. The topological polar surface area (TPSA) is 77.1 Å². The van der Waals surface area contributed by atoms with Crippen molar-refractivity contribution < 1.29 is 9.21 Å². The Kier molecular flexibility index (Phi) is 4.67. The highest BCUT2D eigenvalue weighted by Gasteiger charge is 2.17. The molecule has 0 aliphatic carbocycles. The lowest BCUT2D eigenvalue weighted by Crippen LogP contribution is -2.33. The van der Waals surface area contributed by atoms with Gasteiger partial charge in [0.15, 0.2) is 0 Å². The number of carbonyl (C=O) groups excluding carboxylic acids is 1. The molecule has 0 saturated heterocycles. The Labute approximate surface area is 163 Å². The lowest BCUT2D eigenvalue weighted by atomic mass is 10.2. The highest BCUT2D eigenvalue weighted by molar-refractivity contribution is 7.18. The molecule has 1 atom stereocenters. The molecule has 6 nitrogen and oxygen atoms in total. The molecule has 4 aromatic rings.